The number of benzene rings is 1. The molecule has 0 saturated carbocycles. The van der Waals surface area contributed by atoms with Crippen molar-refractivity contribution >= 4 is 10.8 Å². The van der Waals surface area contributed by atoms with Gasteiger partial charge in [0.05, 0.1) is 5.69 Å². The molecule has 0 radical (unpaired) electrons. The molecule has 3 nitrogen and oxygen atoms in total. The molecule has 0 bridgehead atoms. The molecule has 1 aromatic carbocycles. The molecule has 0 saturated heterocycles. The third-order valence-electron chi connectivity index (χ3n) is 3.56. The Labute approximate surface area is 107 Å². The Hall–Kier alpha value is -1.77. The number of nitrogens with zero attached hydrogens (tertiary/aromatic N) is 1. The Balaban J connectivity index is 2.28. The second-order valence-electron chi connectivity index (χ2n) is 4.88. The van der Waals surface area contributed by atoms with Crippen molar-refractivity contribution in [1.29, 1.82) is 0 Å². The summed E-state index contributed by atoms with van der Waals surface area (Å²) < 4.78 is 10.9. The summed E-state index contributed by atoms with van der Waals surface area (Å²) in [6.07, 6.45) is 1.08. The van der Waals surface area contributed by atoms with Crippen molar-refractivity contribution < 1.29 is 9.47 Å². The Kier molecular flexibility index (Phi) is 2.62. The van der Waals surface area contributed by atoms with Crippen molar-refractivity contribution in [1.82, 2.24) is 4.98 Å². The van der Waals surface area contributed by atoms with Gasteiger partial charge in [-0.3, -0.25) is 4.98 Å². The third-order valence-corrected chi connectivity index (χ3v) is 3.56. The summed E-state index contributed by atoms with van der Waals surface area (Å²) in [5.41, 5.74) is 2.21. The van der Waals surface area contributed by atoms with E-state index < -0.39 is 0 Å². The van der Waals surface area contributed by atoms with Gasteiger partial charge in [-0.25, -0.2) is 0 Å². The first-order valence-corrected chi connectivity index (χ1v) is 6.40. The molecule has 0 amide bonds. The Morgan fingerprint density at radius 3 is 2.67 bits per heavy atom. The highest BCUT2D eigenvalue weighted by atomic mass is 16.7. The molecule has 0 fully saturated rings. The quantitative estimate of drug-likeness (QED) is 0.804. The van der Waals surface area contributed by atoms with Gasteiger partial charge in [0.15, 0.2) is 11.5 Å². The average molecular weight is 243 g/mol. The molecule has 1 aliphatic rings. The molecule has 1 aliphatic heterocycles. The van der Waals surface area contributed by atoms with Crippen molar-refractivity contribution in [2.75, 3.05) is 6.79 Å². The van der Waals surface area contributed by atoms with Crippen LogP contribution in [0.4, 0.5) is 0 Å². The van der Waals surface area contributed by atoms with Gasteiger partial charge >= 0.3 is 0 Å². The van der Waals surface area contributed by atoms with Crippen LogP contribution in [-0.4, -0.2) is 11.8 Å². The molecule has 3 rings (SSSR count). The highest BCUT2D eigenvalue weighted by Gasteiger charge is 2.18. The monoisotopic (exact) mass is 243 g/mol. The standard InChI is InChI=1S/C15H17NO2/c1-4-9(2)15-12-7-14-13(17-8-18-14)6-11(12)5-10(3)16-15/h5-7,9H,4,8H2,1-3H3. The number of ether oxygens (including phenoxy) is 2. The first-order chi connectivity index (χ1) is 8.69. The van der Waals surface area contributed by atoms with Crippen LogP contribution in [0.1, 0.15) is 37.6 Å². The van der Waals surface area contributed by atoms with E-state index in [-0.39, 0.29) is 0 Å². The van der Waals surface area contributed by atoms with Gasteiger partial charge in [0, 0.05) is 11.1 Å². The van der Waals surface area contributed by atoms with E-state index in [0.717, 1.165) is 29.3 Å². The minimum absolute atomic E-state index is 0.316. The molecule has 1 atom stereocenters. The zero-order valence-corrected chi connectivity index (χ0v) is 11.0. The van der Waals surface area contributed by atoms with Crippen molar-refractivity contribution in [3.63, 3.8) is 0 Å². The largest absolute Gasteiger partial charge is 0.454 e. The maximum Gasteiger partial charge on any atom is 0.231 e. The SMILES string of the molecule is CCC(C)c1nc(C)cc2cc3c(cc12)OCO3. The third kappa shape index (κ3) is 1.70. The lowest BCUT2D eigenvalue weighted by molar-refractivity contribution is 0.174. The first-order valence-electron chi connectivity index (χ1n) is 6.40. The summed E-state index contributed by atoms with van der Waals surface area (Å²) in [5.74, 6) is 2.12. The van der Waals surface area contributed by atoms with Crippen LogP contribution in [0.25, 0.3) is 10.8 Å². The zero-order valence-electron chi connectivity index (χ0n) is 11.0. The fraction of sp³-hybridized carbons (Fsp3) is 0.400. The van der Waals surface area contributed by atoms with Crippen LogP contribution >= 0.6 is 0 Å². The van der Waals surface area contributed by atoms with E-state index in [9.17, 15) is 0 Å². The van der Waals surface area contributed by atoms with E-state index in [1.54, 1.807) is 0 Å². The van der Waals surface area contributed by atoms with Crippen molar-refractivity contribution in [2.45, 2.75) is 33.1 Å². The van der Waals surface area contributed by atoms with Gasteiger partial charge in [-0.05, 0) is 42.8 Å². The summed E-state index contributed by atoms with van der Waals surface area (Å²) in [6, 6.07) is 6.22. The lowest BCUT2D eigenvalue weighted by atomic mass is 9.97. The molecule has 0 spiro atoms. The van der Waals surface area contributed by atoms with E-state index in [1.165, 1.54) is 10.8 Å². The lowest BCUT2D eigenvalue weighted by Crippen LogP contribution is -1.99. The number of hydrogen-bond acceptors (Lipinski definition) is 3. The highest BCUT2D eigenvalue weighted by molar-refractivity contribution is 5.88. The van der Waals surface area contributed by atoms with Gasteiger partial charge in [0.25, 0.3) is 0 Å². The summed E-state index contributed by atoms with van der Waals surface area (Å²) in [7, 11) is 0. The summed E-state index contributed by atoms with van der Waals surface area (Å²) in [5, 5.41) is 2.36. The van der Waals surface area contributed by atoms with Gasteiger partial charge in [0.1, 0.15) is 0 Å². The van der Waals surface area contributed by atoms with Gasteiger partial charge in [-0.1, -0.05) is 13.8 Å². The van der Waals surface area contributed by atoms with Gasteiger partial charge < -0.3 is 9.47 Å². The van der Waals surface area contributed by atoms with Crippen LogP contribution in [0.3, 0.4) is 0 Å². The van der Waals surface area contributed by atoms with Crippen LogP contribution in [-0.2, 0) is 0 Å². The minimum atomic E-state index is 0.316. The van der Waals surface area contributed by atoms with E-state index in [0.29, 0.717) is 12.7 Å². The highest BCUT2D eigenvalue weighted by Crippen LogP contribution is 2.38. The molecule has 18 heavy (non-hydrogen) atoms. The predicted octanol–water partition coefficient (Wildman–Crippen LogP) is 3.79. The van der Waals surface area contributed by atoms with Gasteiger partial charge in [-0.15, -0.1) is 0 Å². The van der Waals surface area contributed by atoms with Crippen LogP contribution < -0.4 is 9.47 Å². The molecule has 3 heteroatoms. The molecular weight excluding hydrogens is 226 g/mol. The molecule has 94 valence electrons. The molecular formula is C15H17NO2. The fourth-order valence-electron chi connectivity index (χ4n) is 2.38. The van der Waals surface area contributed by atoms with Crippen LogP contribution in [0.15, 0.2) is 18.2 Å². The summed E-state index contributed by atoms with van der Waals surface area (Å²) in [4.78, 5) is 4.70. The lowest BCUT2D eigenvalue weighted by Gasteiger charge is -2.13. The summed E-state index contributed by atoms with van der Waals surface area (Å²) in [6.45, 7) is 6.76. The van der Waals surface area contributed by atoms with Gasteiger partial charge in [-0.2, -0.15) is 0 Å². The Bertz CT molecular complexity index is 607. The smallest absolute Gasteiger partial charge is 0.231 e. The van der Waals surface area contributed by atoms with Crippen LogP contribution in [0.2, 0.25) is 0 Å². The topological polar surface area (TPSA) is 31.4 Å². The Morgan fingerprint density at radius 2 is 1.94 bits per heavy atom. The molecule has 0 N–H and O–H groups in total. The summed E-state index contributed by atoms with van der Waals surface area (Å²) >= 11 is 0. The van der Waals surface area contributed by atoms with Crippen LogP contribution in [0, 0.1) is 6.92 Å². The normalized spacial score (nSPS) is 15.1. The van der Waals surface area contributed by atoms with Crippen molar-refractivity contribution in [2.24, 2.45) is 0 Å². The number of aromatic nitrogens is 1. The fourth-order valence-corrected chi connectivity index (χ4v) is 2.38. The number of fused-ring (bicyclic) bond motifs is 2. The molecule has 0 aliphatic carbocycles. The number of hydrogen-bond donors (Lipinski definition) is 0. The average Bonchev–Trinajstić information content (AvgIpc) is 2.81. The predicted molar refractivity (Wildman–Crippen MR) is 71.3 cm³/mol. The van der Waals surface area contributed by atoms with E-state index >= 15 is 0 Å². The molecule has 2 aromatic rings. The molecule has 1 aromatic heterocycles. The van der Waals surface area contributed by atoms with Crippen LogP contribution in [0.5, 0.6) is 11.5 Å². The van der Waals surface area contributed by atoms with Crippen molar-refractivity contribution in [3.05, 3.63) is 29.6 Å². The zero-order chi connectivity index (χ0) is 12.7. The maximum absolute atomic E-state index is 5.46. The maximum atomic E-state index is 5.46. The van der Waals surface area contributed by atoms with Crippen molar-refractivity contribution in [3.8, 4) is 11.5 Å². The minimum Gasteiger partial charge on any atom is -0.454 e. The first kappa shape index (κ1) is 11.3. The van der Waals surface area contributed by atoms with E-state index in [4.69, 9.17) is 14.5 Å². The second-order valence-corrected chi connectivity index (χ2v) is 4.88. The Morgan fingerprint density at radius 1 is 1.22 bits per heavy atom. The number of pyridine rings is 1. The molecule has 1 unspecified atom stereocenters. The molecule has 2 heterocycles. The second kappa shape index (κ2) is 4.16. The number of aryl methyl sites for hydroxylation is 1. The van der Waals surface area contributed by atoms with E-state index in [2.05, 4.69) is 32.0 Å². The number of rotatable bonds is 2. The van der Waals surface area contributed by atoms with Gasteiger partial charge in [0.2, 0.25) is 6.79 Å². The van der Waals surface area contributed by atoms with E-state index in [1.807, 2.05) is 6.92 Å².